The Morgan fingerprint density at radius 1 is 1.16 bits per heavy atom. The number of nitrogens with two attached hydrogens (primary N) is 1. The molecule has 1 aromatic heterocycles. The van der Waals surface area contributed by atoms with E-state index in [4.69, 9.17) is 17.4 Å². The standard InChI is InChI=1S/C16H12ClN5O3/c17-15-8-14(19-10-2-4-11(5-3-10)22(24)25)12-7-9(16(23)21-18)1-6-13(12)20-15/h1-8H,18H2,(H,19,20)(H,21,23). The fraction of sp³-hybridized carbons (Fsp3) is 0. The molecule has 0 atom stereocenters. The Morgan fingerprint density at radius 3 is 2.52 bits per heavy atom. The molecule has 3 rings (SSSR count). The first-order valence-corrected chi connectivity index (χ1v) is 7.48. The number of benzene rings is 2. The Kier molecular flexibility index (Phi) is 4.46. The molecule has 1 amide bonds. The number of carbonyl (C=O) groups excluding carboxylic acids is 1. The number of nitrogens with zero attached hydrogens (tertiary/aromatic N) is 2. The normalized spacial score (nSPS) is 10.5. The lowest BCUT2D eigenvalue weighted by Crippen LogP contribution is -2.29. The van der Waals surface area contributed by atoms with Gasteiger partial charge in [-0.1, -0.05) is 11.6 Å². The number of anilines is 2. The largest absolute Gasteiger partial charge is 0.355 e. The first-order chi connectivity index (χ1) is 12.0. The number of fused-ring (bicyclic) bond motifs is 1. The van der Waals surface area contributed by atoms with Crippen molar-refractivity contribution in [1.82, 2.24) is 10.4 Å². The molecule has 8 nitrogen and oxygen atoms in total. The molecule has 0 aliphatic heterocycles. The van der Waals surface area contributed by atoms with Crippen LogP contribution in [0, 0.1) is 10.1 Å². The van der Waals surface area contributed by atoms with Crippen molar-refractivity contribution in [3.8, 4) is 0 Å². The van der Waals surface area contributed by atoms with Gasteiger partial charge in [0.1, 0.15) is 5.15 Å². The van der Waals surface area contributed by atoms with Gasteiger partial charge in [-0.25, -0.2) is 10.8 Å². The minimum absolute atomic E-state index is 0.00919. The van der Waals surface area contributed by atoms with Gasteiger partial charge in [-0.05, 0) is 36.4 Å². The van der Waals surface area contributed by atoms with Gasteiger partial charge in [0, 0.05) is 28.8 Å². The van der Waals surface area contributed by atoms with Crippen LogP contribution >= 0.6 is 11.6 Å². The number of rotatable bonds is 4. The molecule has 25 heavy (non-hydrogen) atoms. The predicted molar refractivity (Wildman–Crippen MR) is 94.8 cm³/mol. The summed E-state index contributed by atoms with van der Waals surface area (Å²) in [7, 11) is 0. The molecule has 2 aromatic carbocycles. The van der Waals surface area contributed by atoms with Gasteiger partial charge in [0.2, 0.25) is 0 Å². The van der Waals surface area contributed by atoms with Crippen LogP contribution in [0.25, 0.3) is 10.9 Å². The van der Waals surface area contributed by atoms with Gasteiger partial charge >= 0.3 is 0 Å². The van der Waals surface area contributed by atoms with Crippen LogP contribution in [-0.4, -0.2) is 15.8 Å². The summed E-state index contributed by atoms with van der Waals surface area (Å²) >= 11 is 6.05. The van der Waals surface area contributed by atoms with Crippen molar-refractivity contribution in [3.63, 3.8) is 0 Å². The average Bonchev–Trinajstić information content (AvgIpc) is 2.61. The topological polar surface area (TPSA) is 123 Å². The van der Waals surface area contributed by atoms with Crippen LogP contribution in [-0.2, 0) is 0 Å². The highest BCUT2D eigenvalue weighted by atomic mass is 35.5. The predicted octanol–water partition coefficient (Wildman–Crippen LogP) is 3.14. The van der Waals surface area contributed by atoms with Gasteiger partial charge in [-0.3, -0.25) is 20.3 Å². The molecular weight excluding hydrogens is 346 g/mol. The maximum atomic E-state index is 11.7. The minimum atomic E-state index is -0.472. The lowest BCUT2D eigenvalue weighted by molar-refractivity contribution is -0.384. The van der Waals surface area contributed by atoms with Crippen molar-refractivity contribution in [2.45, 2.75) is 0 Å². The van der Waals surface area contributed by atoms with Crippen LogP contribution in [0.5, 0.6) is 0 Å². The van der Waals surface area contributed by atoms with Gasteiger partial charge in [0.25, 0.3) is 11.6 Å². The Morgan fingerprint density at radius 2 is 1.88 bits per heavy atom. The third-order valence-electron chi connectivity index (χ3n) is 3.53. The van der Waals surface area contributed by atoms with Crippen LogP contribution in [0.15, 0.2) is 48.5 Å². The number of nitrogen functional groups attached to an aromatic ring is 1. The van der Waals surface area contributed by atoms with Crippen molar-refractivity contribution >= 4 is 45.5 Å². The summed E-state index contributed by atoms with van der Waals surface area (Å²) in [5.74, 6) is 4.73. The van der Waals surface area contributed by atoms with E-state index in [1.807, 2.05) is 0 Å². The van der Waals surface area contributed by atoms with Crippen molar-refractivity contribution in [2.75, 3.05) is 5.32 Å². The third-order valence-corrected chi connectivity index (χ3v) is 3.72. The lowest BCUT2D eigenvalue weighted by atomic mass is 10.1. The monoisotopic (exact) mass is 357 g/mol. The molecule has 126 valence electrons. The molecule has 0 saturated heterocycles. The molecule has 0 fully saturated rings. The van der Waals surface area contributed by atoms with Crippen molar-refractivity contribution in [1.29, 1.82) is 0 Å². The molecule has 3 aromatic rings. The van der Waals surface area contributed by atoms with E-state index in [9.17, 15) is 14.9 Å². The maximum Gasteiger partial charge on any atom is 0.269 e. The van der Waals surface area contributed by atoms with Crippen LogP contribution in [0.2, 0.25) is 5.15 Å². The smallest absolute Gasteiger partial charge is 0.269 e. The van der Waals surface area contributed by atoms with E-state index in [0.717, 1.165) is 0 Å². The third kappa shape index (κ3) is 3.49. The highest BCUT2D eigenvalue weighted by Crippen LogP contribution is 2.29. The molecule has 4 N–H and O–H groups in total. The number of nitro groups is 1. The lowest BCUT2D eigenvalue weighted by Gasteiger charge is -2.11. The number of non-ortho nitro benzene ring substituents is 1. The second kappa shape index (κ2) is 6.71. The zero-order valence-corrected chi connectivity index (χ0v) is 13.4. The molecule has 0 aliphatic carbocycles. The van der Waals surface area contributed by atoms with Crippen LogP contribution < -0.4 is 16.6 Å². The summed E-state index contributed by atoms with van der Waals surface area (Å²) in [6.45, 7) is 0. The first kappa shape index (κ1) is 16.6. The van der Waals surface area contributed by atoms with E-state index in [1.54, 1.807) is 36.4 Å². The van der Waals surface area contributed by atoms with Crippen LogP contribution in [0.3, 0.4) is 0 Å². The molecule has 1 heterocycles. The van der Waals surface area contributed by atoms with Crippen LogP contribution in [0.4, 0.5) is 17.1 Å². The van der Waals surface area contributed by atoms with E-state index >= 15 is 0 Å². The number of hydrogen-bond donors (Lipinski definition) is 3. The first-order valence-electron chi connectivity index (χ1n) is 7.10. The second-order valence-corrected chi connectivity index (χ2v) is 5.51. The van der Waals surface area contributed by atoms with E-state index in [2.05, 4.69) is 15.7 Å². The Labute approximate surface area is 146 Å². The van der Waals surface area contributed by atoms with E-state index in [-0.39, 0.29) is 10.8 Å². The summed E-state index contributed by atoms with van der Waals surface area (Å²) in [6.07, 6.45) is 0. The van der Waals surface area contributed by atoms with Gasteiger partial charge in [-0.2, -0.15) is 0 Å². The molecule has 0 aliphatic rings. The molecule has 0 radical (unpaired) electrons. The molecule has 9 heteroatoms. The number of pyridine rings is 1. The highest BCUT2D eigenvalue weighted by molar-refractivity contribution is 6.30. The van der Waals surface area contributed by atoms with E-state index < -0.39 is 10.8 Å². The fourth-order valence-electron chi connectivity index (χ4n) is 2.34. The Balaban J connectivity index is 2.04. The number of halogens is 1. The molecule has 0 saturated carbocycles. The van der Waals surface area contributed by atoms with Crippen molar-refractivity contribution in [2.24, 2.45) is 5.84 Å². The maximum absolute atomic E-state index is 11.7. The van der Waals surface area contributed by atoms with Gasteiger partial charge in [-0.15, -0.1) is 0 Å². The Bertz CT molecular complexity index is 975. The number of hydrogen-bond acceptors (Lipinski definition) is 6. The number of aromatic nitrogens is 1. The second-order valence-electron chi connectivity index (χ2n) is 5.13. The molecule has 0 spiro atoms. The summed E-state index contributed by atoms with van der Waals surface area (Å²) < 4.78 is 0. The molecular formula is C16H12ClN5O3. The quantitative estimate of drug-likeness (QED) is 0.217. The van der Waals surface area contributed by atoms with E-state index in [1.165, 1.54) is 12.1 Å². The zero-order chi connectivity index (χ0) is 18.0. The van der Waals surface area contributed by atoms with Crippen molar-refractivity contribution in [3.05, 3.63) is 69.4 Å². The van der Waals surface area contributed by atoms with Crippen molar-refractivity contribution < 1.29 is 9.72 Å². The minimum Gasteiger partial charge on any atom is -0.355 e. The number of hydrazine groups is 1. The Hall–Kier alpha value is -3.23. The van der Waals surface area contributed by atoms with Gasteiger partial charge in [0.15, 0.2) is 0 Å². The van der Waals surface area contributed by atoms with Crippen LogP contribution in [0.1, 0.15) is 10.4 Å². The summed E-state index contributed by atoms with van der Waals surface area (Å²) in [6, 6.07) is 12.4. The number of amides is 1. The van der Waals surface area contributed by atoms with Gasteiger partial charge < -0.3 is 5.32 Å². The van der Waals surface area contributed by atoms with E-state index in [0.29, 0.717) is 27.8 Å². The molecule has 0 unspecified atom stereocenters. The molecule has 0 bridgehead atoms. The number of carbonyl (C=O) groups is 1. The zero-order valence-electron chi connectivity index (χ0n) is 12.7. The van der Waals surface area contributed by atoms with Gasteiger partial charge in [0.05, 0.1) is 16.1 Å². The summed E-state index contributed by atoms with van der Waals surface area (Å²) in [4.78, 5) is 26.2. The SMILES string of the molecule is NNC(=O)c1ccc2nc(Cl)cc(Nc3ccc([N+](=O)[O-])cc3)c2c1. The summed E-state index contributed by atoms with van der Waals surface area (Å²) in [5.41, 5.74) is 4.25. The fourth-order valence-corrected chi connectivity index (χ4v) is 2.54. The highest BCUT2D eigenvalue weighted by Gasteiger charge is 2.11. The summed E-state index contributed by atoms with van der Waals surface area (Å²) in [5, 5.41) is 14.8. The number of nitro benzene ring substituents is 1. The average molecular weight is 358 g/mol. The number of nitrogens with one attached hydrogen (secondary N) is 2.